The molecule has 0 radical (unpaired) electrons. The molecule has 1 aromatic rings. The van der Waals surface area contributed by atoms with Crippen LogP contribution in [0.15, 0.2) is 24.3 Å². The Bertz CT molecular complexity index is 731. The molecule has 1 aliphatic rings. The van der Waals surface area contributed by atoms with Crippen molar-refractivity contribution in [1.29, 1.82) is 0 Å². The van der Waals surface area contributed by atoms with Gasteiger partial charge < -0.3 is 10.1 Å². The number of benzene rings is 1. The molecule has 8 heteroatoms. The Morgan fingerprint density at radius 1 is 1.31 bits per heavy atom. The highest BCUT2D eigenvalue weighted by atomic mass is 32.2. The van der Waals surface area contributed by atoms with Gasteiger partial charge in [0.05, 0.1) is 5.75 Å². The molecule has 1 aliphatic heterocycles. The molecule has 6 nitrogen and oxygen atoms in total. The van der Waals surface area contributed by atoms with Gasteiger partial charge in [-0.25, -0.2) is 17.6 Å². The van der Waals surface area contributed by atoms with E-state index in [9.17, 15) is 17.6 Å². The van der Waals surface area contributed by atoms with Gasteiger partial charge in [-0.3, -0.25) is 0 Å². The predicted octanol–water partition coefficient (Wildman–Crippen LogP) is 3.03. The first-order valence-electron chi connectivity index (χ1n) is 8.78. The van der Waals surface area contributed by atoms with Crippen LogP contribution >= 0.6 is 0 Å². The zero-order valence-electron chi connectivity index (χ0n) is 15.5. The van der Waals surface area contributed by atoms with Gasteiger partial charge in [-0.2, -0.15) is 4.31 Å². The lowest BCUT2D eigenvalue weighted by molar-refractivity contribution is 0.0512. The second-order valence-electron chi connectivity index (χ2n) is 7.49. The van der Waals surface area contributed by atoms with E-state index < -0.39 is 27.5 Å². The highest BCUT2D eigenvalue weighted by Crippen LogP contribution is 2.23. The lowest BCUT2D eigenvalue weighted by Gasteiger charge is -2.35. The molecule has 1 amide bonds. The summed E-state index contributed by atoms with van der Waals surface area (Å²) in [5.41, 5.74) is -0.468. The van der Waals surface area contributed by atoms with Gasteiger partial charge in [-0.15, -0.1) is 0 Å². The molecule has 0 aliphatic carbocycles. The van der Waals surface area contributed by atoms with Gasteiger partial charge in [0.1, 0.15) is 11.4 Å². The minimum Gasteiger partial charge on any atom is -0.444 e. The SMILES string of the molecule is CC(C)(C)OC(=O)NCC1CCCCN1S(=O)(=O)Cc1ccccc1F. The monoisotopic (exact) mass is 386 g/mol. The van der Waals surface area contributed by atoms with Crippen molar-refractivity contribution in [3.8, 4) is 0 Å². The fourth-order valence-electron chi connectivity index (χ4n) is 2.95. The summed E-state index contributed by atoms with van der Waals surface area (Å²) in [6.45, 7) is 5.83. The lowest BCUT2D eigenvalue weighted by atomic mass is 10.1. The van der Waals surface area contributed by atoms with E-state index in [2.05, 4.69) is 5.32 Å². The number of amides is 1. The van der Waals surface area contributed by atoms with Crippen molar-refractivity contribution < 1.29 is 22.3 Å². The number of piperidine rings is 1. The number of hydrogen-bond acceptors (Lipinski definition) is 4. The van der Waals surface area contributed by atoms with E-state index in [1.807, 2.05) is 0 Å². The van der Waals surface area contributed by atoms with Gasteiger partial charge in [-0.05, 0) is 39.7 Å². The topological polar surface area (TPSA) is 75.7 Å². The summed E-state index contributed by atoms with van der Waals surface area (Å²) in [5, 5.41) is 2.64. The van der Waals surface area contributed by atoms with Crippen LogP contribution in [0.25, 0.3) is 0 Å². The average Bonchev–Trinajstić information content (AvgIpc) is 2.54. The number of nitrogens with zero attached hydrogens (tertiary/aromatic N) is 1. The highest BCUT2D eigenvalue weighted by molar-refractivity contribution is 7.88. The first kappa shape index (κ1) is 20.6. The van der Waals surface area contributed by atoms with Crippen molar-refractivity contribution in [3.05, 3.63) is 35.6 Å². The van der Waals surface area contributed by atoms with E-state index in [-0.39, 0.29) is 23.9 Å². The van der Waals surface area contributed by atoms with E-state index in [1.165, 1.54) is 22.5 Å². The number of halogens is 1. The number of ether oxygens (including phenoxy) is 1. The first-order valence-corrected chi connectivity index (χ1v) is 10.4. The van der Waals surface area contributed by atoms with Crippen molar-refractivity contribution in [3.63, 3.8) is 0 Å². The maximum Gasteiger partial charge on any atom is 0.407 e. The molecular weight excluding hydrogens is 359 g/mol. The molecule has 2 rings (SSSR count). The smallest absolute Gasteiger partial charge is 0.407 e. The Balaban J connectivity index is 2.05. The second-order valence-corrected chi connectivity index (χ2v) is 9.41. The lowest BCUT2D eigenvalue weighted by Crippen LogP contribution is -2.50. The second kappa shape index (κ2) is 8.35. The zero-order valence-corrected chi connectivity index (χ0v) is 16.3. The Labute approximate surface area is 154 Å². The average molecular weight is 386 g/mol. The van der Waals surface area contributed by atoms with E-state index in [0.29, 0.717) is 13.0 Å². The number of carbonyl (C=O) groups is 1. The van der Waals surface area contributed by atoms with Crippen LogP contribution in [0, 0.1) is 5.82 Å². The number of alkyl carbamates (subject to hydrolysis) is 1. The third kappa shape index (κ3) is 5.95. The molecule has 0 aromatic heterocycles. The number of sulfonamides is 1. The molecule has 1 saturated heterocycles. The minimum atomic E-state index is -3.69. The van der Waals surface area contributed by atoms with Crippen molar-refractivity contribution in [2.45, 2.75) is 57.4 Å². The number of rotatable bonds is 5. The maximum atomic E-state index is 13.8. The Hall–Kier alpha value is -1.67. The third-order valence-electron chi connectivity index (χ3n) is 4.11. The summed E-state index contributed by atoms with van der Waals surface area (Å²) in [4.78, 5) is 11.8. The summed E-state index contributed by atoms with van der Waals surface area (Å²) >= 11 is 0. The summed E-state index contributed by atoms with van der Waals surface area (Å²) in [7, 11) is -3.69. The minimum absolute atomic E-state index is 0.150. The fraction of sp³-hybridized carbons (Fsp3) is 0.611. The molecule has 0 saturated carbocycles. The summed E-state index contributed by atoms with van der Waals surface area (Å²) < 4.78 is 46.0. The summed E-state index contributed by atoms with van der Waals surface area (Å²) in [6.07, 6.45) is 1.70. The Morgan fingerprint density at radius 3 is 2.65 bits per heavy atom. The van der Waals surface area contributed by atoms with Crippen LogP contribution in [-0.2, 0) is 20.5 Å². The van der Waals surface area contributed by atoms with Crippen LogP contribution in [0.4, 0.5) is 9.18 Å². The van der Waals surface area contributed by atoms with Crippen LogP contribution in [0.2, 0.25) is 0 Å². The summed E-state index contributed by atoms with van der Waals surface area (Å²) in [5.74, 6) is -0.917. The standard InChI is InChI=1S/C18H27FN2O4S/c1-18(2,3)25-17(22)20-12-15-9-6-7-11-21(15)26(23,24)13-14-8-4-5-10-16(14)19/h4-5,8,10,15H,6-7,9,11-13H2,1-3H3,(H,20,22). The molecule has 1 unspecified atom stereocenters. The van der Waals surface area contributed by atoms with E-state index in [0.717, 1.165) is 12.8 Å². The molecule has 26 heavy (non-hydrogen) atoms. The van der Waals surface area contributed by atoms with Crippen molar-refractivity contribution >= 4 is 16.1 Å². The predicted molar refractivity (Wildman–Crippen MR) is 97.6 cm³/mol. The van der Waals surface area contributed by atoms with Crippen LogP contribution < -0.4 is 5.32 Å². The van der Waals surface area contributed by atoms with Crippen LogP contribution in [-0.4, -0.2) is 43.5 Å². The van der Waals surface area contributed by atoms with Gasteiger partial charge >= 0.3 is 6.09 Å². The molecule has 1 N–H and O–H groups in total. The van der Waals surface area contributed by atoms with Gasteiger partial charge in [0.25, 0.3) is 0 Å². The molecule has 0 spiro atoms. The molecular formula is C18H27FN2O4S. The highest BCUT2D eigenvalue weighted by Gasteiger charge is 2.33. The number of carbonyl (C=O) groups excluding carboxylic acids is 1. The molecule has 1 fully saturated rings. The number of hydrogen-bond donors (Lipinski definition) is 1. The first-order chi connectivity index (χ1) is 12.1. The normalized spacial score (nSPS) is 19.2. The van der Waals surface area contributed by atoms with Crippen molar-refractivity contribution in [1.82, 2.24) is 9.62 Å². The van der Waals surface area contributed by atoms with Gasteiger partial charge in [0.2, 0.25) is 10.0 Å². The van der Waals surface area contributed by atoms with Crippen LogP contribution in [0.1, 0.15) is 45.6 Å². The van der Waals surface area contributed by atoms with E-state index >= 15 is 0 Å². The van der Waals surface area contributed by atoms with E-state index in [4.69, 9.17) is 4.74 Å². The third-order valence-corrected chi connectivity index (χ3v) is 5.98. The number of nitrogens with one attached hydrogen (secondary N) is 1. The molecule has 0 bridgehead atoms. The Morgan fingerprint density at radius 2 is 2.00 bits per heavy atom. The van der Waals surface area contributed by atoms with Crippen molar-refractivity contribution in [2.24, 2.45) is 0 Å². The van der Waals surface area contributed by atoms with Crippen LogP contribution in [0.3, 0.4) is 0 Å². The fourth-order valence-corrected chi connectivity index (χ4v) is 4.79. The van der Waals surface area contributed by atoms with E-state index in [1.54, 1.807) is 26.8 Å². The quantitative estimate of drug-likeness (QED) is 0.844. The molecule has 1 aromatic carbocycles. The van der Waals surface area contributed by atoms with Gasteiger partial charge in [-0.1, -0.05) is 24.6 Å². The molecule has 146 valence electrons. The largest absolute Gasteiger partial charge is 0.444 e. The zero-order chi connectivity index (χ0) is 19.4. The Kier molecular flexibility index (Phi) is 6.63. The summed E-state index contributed by atoms with van der Waals surface area (Å²) in [6, 6.07) is 5.52. The molecule has 1 atom stereocenters. The molecule has 1 heterocycles. The van der Waals surface area contributed by atoms with Crippen molar-refractivity contribution in [2.75, 3.05) is 13.1 Å². The van der Waals surface area contributed by atoms with Gasteiger partial charge in [0, 0.05) is 24.7 Å². The maximum absolute atomic E-state index is 13.8. The van der Waals surface area contributed by atoms with Crippen LogP contribution in [0.5, 0.6) is 0 Å². The van der Waals surface area contributed by atoms with Gasteiger partial charge in [0.15, 0.2) is 0 Å².